The van der Waals surface area contributed by atoms with Gasteiger partial charge in [-0.15, -0.1) is 0 Å². The molecule has 0 aliphatic heterocycles. The van der Waals surface area contributed by atoms with E-state index in [9.17, 15) is 5.11 Å². The number of anilines is 1. The number of nitrogens with one attached hydrogen (secondary N) is 1. The first-order valence-corrected chi connectivity index (χ1v) is 7.04. The number of benzene rings is 2. The van der Waals surface area contributed by atoms with Crippen molar-refractivity contribution in [1.29, 1.82) is 0 Å². The monoisotopic (exact) mass is 286 g/mol. The van der Waals surface area contributed by atoms with Crippen LogP contribution in [0.1, 0.15) is 5.56 Å². The number of aliphatic hydroxyl groups excluding tert-OH is 1. The van der Waals surface area contributed by atoms with Gasteiger partial charge in [0.05, 0.1) is 13.2 Å². The zero-order valence-corrected chi connectivity index (χ0v) is 12.2. The van der Waals surface area contributed by atoms with Crippen LogP contribution in [0.15, 0.2) is 54.6 Å². The van der Waals surface area contributed by atoms with Crippen LogP contribution in [0, 0.1) is 0 Å². The van der Waals surface area contributed by atoms with E-state index in [4.69, 9.17) is 10.5 Å². The smallest absolute Gasteiger partial charge is 0.120 e. The largest absolute Gasteiger partial charge is 0.497 e. The van der Waals surface area contributed by atoms with Crippen molar-refractivity contribution in [3.05, 3.63) is 60.2 Å². The van der Waals surface area contributed by atoms with Crippen molar-refractivity contribution in [3.63, 3.8) is 0 Å². The van der Waals surface area contributed by atoms with Gasteiger partial charge in [0, 0.05) is 24.3 Å². The molecule has 21 heavy (non-hydrogen) atoms. The molecule has 0 radical (unpaired) electrons. The number of hydrogen-bond acceptors (Lipinski definition) is 4. The topological polar surface area (TPSA) is 67.5 Å². The van der Waals surface area contributed by atoms with Gasteiger partial charge in [-0.25, -0.2) is 0 Å². The Morgan fingerprint density at radius 3 is 2.62 bits per heavy atom. The first-order chi connectivity index (χ1) is 10.2. The van der Waals surface area contributed by atoms with Crippen molar-refractivity contribution < 1.29 is 9.84 Å². The Morgan fingerprint density at radius 1 is 1.14 bits per heavy atom. The standard InChI is InChI=1S/C17H22N2O2/c1-21-15-9-5-8-14(11-15)19-12-17(20)16(18)10-13-6-3-2-4-7-13/h2-9,11,16-17,19-20H,10,12,18H2,1H3/t16-,17+/m0/s1. The summed E-state index contributed by atoms with van der Waals surface area (Å²) in [6.45, 7) is 0.404. The molecular formula is C17H22N2O2. The fourth-order valence-corrected chi connectivity index (χ4v) is 2.13. The van der Waals surface area contributed by atoms with Crippen molar-refractivity contribution in [3.8, 4) is 5.75 Å². The lowest BCUT2D eigenvalue weighted by Crippen LogP contribution is -2.41. The van der Waals surface area contributed by atoms with E-state index < -0.39 is 6.10 Å². The van der Waals surface area contributed by atoms with Crippen LogP contribution in [0.25, 0.3) is 0 Å². The summed E-state index contributed by atoms with van der Waals surface area (Å²) < 4.78 is 5.16. The fraction of sp³-hybridized carbons (Fsp3) is 0.294. The fourth-order valence-electron chi connectivity index (χ4n) is 2.13. The van der Waals surface area contributed by atoms with Gasteiger partial charge in [0.2, 0.25) is 0 Å². The quantitative estimate of drug-likeness (QED) is 0.728. The molecule has 0 aromatic heterocycles. The van der Waals surface area contributed by atoms with Crippen LogP contribution in [0.4, 0.5) is 5.69 Å². The molecule has 0 saturated heterocycles. The molecule has 0 unspecified atom stereocenters. The summed E-state index contributed by atoms with van der Waals surface area (Å²) in [6, 6.07) is 17.2. The summed E-state index contributed by atoms with van der Waals surface area (Å²) in [5, 5.41) is 13.3. The molecule has 0 heterocycles. The minimum absolute atomic E-state index is 0.300. The maximum atomic E-state index is 10.1. The van der Waals surface area contributed by atoms with E-state index in [-0.39, 0.29) is 6.04 Å². The van der Waals surface area contributed by atoms with E-state index in [1.807, 2.05) is 54.6 Å². The zero-order valence-electron chi connectivity index (χ0n) is 12.2. The normalized spacial score (nSPS) is 13.5. The molecule has 4 heteroatoms. The molecule has 0 saturated carbocycles. The van der Waals surface area contributed by atoms with E-state index in [0.717, 1.165) is 17.0 Å². The van der Waals surface area contributed by atoms with Crippen LogP contribution in [0.5, 0.6) is 5.75 Å². The summed E-state index contributed by atoms with van der Waals surface area (Å²) in [4.78, 5) is 0. The summed E-state index contributed by atoms with van der Waals surface area (Å²) in [6.07, 6.45) is 0.0401. The number of rotatable bonds is 7. The molecule has 0 spiro atoms. The maximum Gasteiger partial charge on any atom is 0.120 e. The Labute approximate surface area is 125 Å². The molecule has 2 aromatic carbocycles. The van der Waals surface area contributed by atoms with Crippen LogP contribution in [0.2, 0.25) is 0 Å². The molecule has 0 aliphatic rings. The second-order valence-corrected chi connectivity index (χ2v) is 5.03. The van der Waals surface area contributed by atoms with Gasteiger partial charge >= 0.3 is 0 Å². The lowest BCUT2D eigenvalue weighted by molar-refractivity contribution is 0.156. The van der Waals surface area contributed by atoms with Crippen molar-refractivity contribution in [2.24, 2.45) is 5.73 Å². The molecular weight excluding hydrogens is 264 g/mol. The molecule has 112 valence electrons. The SMILES string of the molecule is COc1cccc(NC[C@@H](O)[C@@H](N)Cc2ccccc2)c1. The third-order valence-electron chi connectivity index (χ3n) is 3.39. The second-order valence-electron chi connectivity index (χ2n) is 5.03. The lowest BCUT2D eigenvalue weighted by Gasteiger charge is -2.20. The third-order valence-corrected chi connectivity index (χ3v) is 3.39. The Bertz CT molecular complexity index is 545. The summed E-state index contributed by atoms with van der Waals surface area (Å²) in [5.41, 5.74) is 8.09. The average Bonchev–Trinajstić information content (AvgIpc) is 2.53. The van der Waals surface area contributed by atoms with Gasteiger partial charge in [0.25, 0.3) is 0 Å². The number of nitrogens with two attached hydrogens (primary N) is 1. The minimum atomic E-state index is -0.614. The van der Waals surface area contributed by atoms with E-state index in [1.54, 1.807) is 7.11 Å². The predicted molar refractivity (Wildman–Crippen MR) is 85.6 cm³/mol. The van der Waals surface area contributed by atoms with Crippen molar-refractivity contribution in [2.45, 2.75) is 18.6 Å². The van der Waals surface area contributed by atoms with Gasteiger partial charge in [0.15, 0.2) is 0 Å². The Hall–Kier alpha value is -2.04. The first kappa shape index (κ1) is 15.4. The van der Waals surface area contributed by atoms with E-state index in [2.05, 4.69) is 5.32 Å². The number of methoxy groups -OCH3 is 1. The van der Waals surface area contributed by atoms with Gasteiger partial charge in [-0.2, -0.15) is 0 Å². The highest BCUT2D eigenvalue weighted by molar-refractivity contribution is 5.48. The van der Waals surface area contributed by atoms with Crippen molar-refractivity contribution in [1.82, 2.24) is 0 Å². The first-order valence-electron chi connectivity index (χ1n) is 7.04. The molecule has 2 atom stereocenters. The molecule has 4 nitrogen and oxygen atoms in total. The average molecular weight is 286 g/mol. The van der Waals surface area contributed by atoms with Crippen LogP contribution in [-0.4, -0.2) is 30.9 Å². The van der Waals surface area contributed by atoms with Crippen LogP contribution in [-0.2, 0) is 6.42 Å². The highest BCUT2D eigenvalue weighted by Gasteiger charge is 2.15. The van der Waals surface area contributed by atoms with Gasteiger partial charge in [0.1, 0.15) is 5.75 Å². The van der Waals surface area contributed by atoms with E-state index in [0.29, 0.717) is 13.0 Å². The molecule has 0 bridgehead atoms. The summed E-state index contributed by atoms with van der Waals surface area (Å²) >= 11 is 0. The van der Waals surface area contributed by atoms with Crippen LogP contribution in [0.3, 0.4) is 0 Å². The van der Waals surface area contributed by atoms with Crippen LogP contribution < -0.4 is 15.8 Å². The van der Waals surface area contributed by atoms with Gasteiger partial charge in [-0.05, 0) is 24.1 Å². The van der Waals surface area contributed by atoms with Gasteiger partial charge < -0.3 is 20.9 Å². The molecule has 0 aliphatic carbocycles. The maximum absolute atomic E-state index is 10.1. The summed E-state index contributed by atoms with van der Waals surface area (Å²) in [7, 11) is 1.63. The third kappa shape index (κ3) is 4.77. The minimum Gasteiger partial charge on any atom is -0.497 e. The van der Waals surface area contributed by atoms with Crippen LogP contribution >= 0.6 is 0 Å². The molecule has 0 amide bonds. The number of aliphatic hydroxyl groups is 1. The Morgan fingerprint density at radius 2 is 1.90 bits per heavy atom. The van der Waals surface area contributed by atoms with Crippen molar-refractivity contribution >= 4 is 5.69 Å². The van der Waals surface area contributed by atoms with E-state index in [1.165, 1.54) is 0 Å². The highest BCUT2D eigenvalue weighted by Crippen LogP contribution is 2.16. The summed E-state index contributed by atoms with van der Waals surface area (Å²) in [5.74, 6) is 0.781. The predicted octanol–water partition coefficient (Wildman–Crippen LogP) is 2.04. The van der Waals surface area contributed by atoms with Gasteiger partial charge in [-0.3, -0.25) is 0 Å². The second kappa shape index (κ2) is 7.67. The molecule has 2 aromatic rings. The Kier molecular flexibility index (Phi) is 5.60. The lowest BCUT2D eigenvalue weighted by atomic mass is 10.0. The molecule has 4 N–H and O–H groups in total. The number of hydrogen-bond donors (Lipinski definition) is 3. The molecule has 0 fully saturated rings. The number of ether oxygens (including phenoxy) is 1. The zero-order chi connectivity index (χ0) is 15.1. The van der Waals surface area contributed by atoms with E-state index >= 15 is 0 Å². The van der Waals surface area contributed by atoms with Crippen molar-refractivity contribution in [2.75, 3.05) is 19.0 Å². The molecule has 2 rings (SSSR count). The van der Waals surface area contributed by atoms with Gasteiger partial charge in [-0.1, -0.05) is 36.4 Å². The highest BCUT2D eigenvalue weighted by atomic mass is 16.5. The Balaban J connectivity index is 1.84.